The van der Waals surface area contributed by atoms with Gasteiger partial charge in [0.2, 0.25) is 0 Å². The molecule has 0 atom stereocenters. The van der Waals surface area contributed by atoms with Crippen molar-refractivity contribution >= 4 is 23.6 Å². The highest BCUT2D eigenvalue weighted by atomic mass is 16.5. The summed E-state index contributed by atoms with van der Waals surface area (Å²) in [6.07, 6.45) is 1.72. The van der Waals surface area contributed by atoms with E-state index in [0.717, 1.165) is 11.0 Å². The monoisotopic (exact) mass is 276 g/mol. The standard InChI is InChI=1S/C14H21BN2O3/c1-13(2,18)14(3,4)20-15(19)10-6-7-11-12(8-10)17(5)9-16-11/h6-9,18-19H,1-5H3. The zero-order chi connectivity index (χ0) is 15.1. The first-order valence-corrected chi connectivity index (χ1v) is 6.61. The van der Waals surface area contributed by atoms with Gasteiger partial charge in [-0.25, -0.2) is 4.98 Å². The van der Waals surface area contributed by atoms with Crippen molar-refractivity contribution < 1.29 is 14.8 Å². The van der Waals surface area contributed by atoms with Crippen molar-refractivity contribution in [2.45, 2.75) is 38.9 Å². The molecule has 2 N–H and O–H groups in total. The number of nitrogens with zero attached hydrogens (tertiary/aromatic N) is 2. The molecule has 0 aliphatic rings. The summed E-state index contributed by atoms with van der Waals surface area (Å²) < 4.78 is 7.51. The number of imidazole rings is 1. The zero-order valence-electron chi connectivity index (χ0n) is 12.6. The number of hydrogen-bond donors (Lipinski definition) is 2. The summed E-state index contributed by atoms with van der Waals surface area (Å²) in [5.74, 6) is 0. The molecule has 108 valence electrons. The summed E-state index contributed by atoms with van der Waals surface area (Å²) in [4.78, 5) is 4.23. The van der Waals surface area contributed by atoms with E-state index in [1.54, 1.807) is 40.1 Å². The minimum Gasteiger partial charge on any atom is -0.423 e. The van der Waals surface area contributed by atoms with E-state index in [4.69, 9.17) is 4.65 Å². The minimum atomic E-state index is -1.10. The second kappa shape index (κ2) is 4.88. The Hall–Kier alpha value is -1.37. The van der Waals surface area contributed by atoms with Crippen LogP contribution in [0.5, 0.6) is 0 Å². The van der Waals surface area contributed by atoms with Crippen LogP contribution >= 0.6 is 0 Å². The smallest absolute Gasteiger partial charge is 0.423 e. The number of aliphatic hydroxyl groups is 1. The van der Waals surface area contributed by atoms with Crippen LogP contribution in [0.4, 0.5) is 0 Å². The van der Waals surface area contributed by atoms with E-state index in [1.807, 2.05) is 23.7 Å². The van der Waals surface area contributed by atoms with E-state index in [-0.39, 0.29) is 0 Å². The highest BCUT2D eigenvalue weighted by Gasteiger charge is 2.39. The molecule has 0 fully saturated rings. The van der Waals surface area contributed by atoms with Crippen LogP contribution in [-0.4, -0.2) is 38.0 Å². The Kier molecular flexibility index (Phi) is 3.66. The summed E-state index contributed by atoms with van der Waals surface area (Å²) in [6.45, 7) is 6.81. The molecule has 0 aliphatic heterocycles. The molecule has 0 saturated carbocycles. The third-order valence-electron chi connectivity index (χ3n) is 3.91. The number of hydrogen-bond acceptors (Lipinski definition) is 4. The average Bonchev–Trinajstić information content (AvgIpc) is 2.68. The summed E-state index contributed by atoms with van der Waals surface area (Å²) in [6, 6.07) is 5.46. The molecule has 1 aromatic carbocycles. The van der Waals surface area contributed by atoms with Crippen LogP contribution in [0.3, 0.4) is 0 Å². The molecular formula is C14H21BN2O3. The molecule has 0 unspecified atom stereocenters. The van der Waals surface area contributed by atoms with Gasteiger partial charge in [0.15, 0.2) is 0 Å². The molecule has 0 saturated heterocycles. The summed E-state index contributed by atoms with van der Waals surface area (Å²) in [7, 11) is 0.795. The van der Waals surface area contributed by atoms with E-state index < -0.39 is 18.3 Å². The second-order valence-electron chi connectivity index (χ2n) is 6.14. The Labute approximate surface area is 119 Å². The molecule has 0 spiro atoms. The molecule has 2 aromatic rings. The average molecular weight is 276 g/mol. The van der Waals surface area contributed by atoms with Gasteiger partial charge in [-0.15, -0.1) is 0 Å². The van der Waals surface area contributed by atoms with Crippen molar-refractivity contribution in [3.05, 3.63) is 24.5 Å². The van der Waals surface area contributed by atoms with Gasteiger partial charge in [0.25, 0.3) is 0 Å². The highest BCUT2D eigenvalue weighted by Crippen LogP contribution is 2.25. The van der Waals surface area contributed by atoms with Crippen LogP contribution in [0.2, 0.25) is 0 Å². The Morgan fingerprint density at radius 1 is 1.25 bits per heavy atom. The Balaban J connectivity index is 2.27. The van der Waals surface area contributed by atoms with Gasteiger partial charge < -0.3 is 19.4 Å². The van der Waals surface area contributed by atoms with Crippen molar-refractivity contribution in [2.24, 2.45) is 7.05 Å². The number of aryl methyl sites for hydroxylation is 1. The fourth-order valence-corrected chi connectivity index (χ4v) is 1.79. The first kappa shape index (κ1) is 15.0. The fraction of sp³-hybridized carbons (Fsp3) is 0.500. The van der Waals surface area contributed by atoms with Gasteiger partial charge in [-0.2, -0.15) is 0 Å². The predicted molar refractivity (Wildman–Crippen MR) is 79.8 cm³/mol. The van der Waals surface area contributed by atoms with E-state index >= 15 is 0 Å². The fourth-order valence-electron chi connectivity index (χ4n) is 1.79. The van der Waals surface area contributed by atoms with Gasteiger partial charge >= 0.3 is 7.12 Å². The zero-order valence-corrected chi connectivity index (χ0v) is 12.6. The molecule has 1 heterocycles. The van der Waals surface area contributed by atoms with E-state index in [2.05, 4.69) is 4.98 Å². The van der Waals surface area contributed by atoms with Crippen LogP contribution < -0.4 is 5.46 Å². The Bertz CT molecular complexity index is 616. The normalized spacial score (nSPS) is 12.9. The van der Waals surface area contributed by atoms with Gasteiger partial charge in [0.05, 0.1) is 28.6 Å². The SMILES string of the molecule is Cn1cnc2ccc(B(O)OC(C)(C)C(C)(C)O)cc21. The molecule has 0 aliphatic carbocycles. The van der Waals surface area contributed by atoms with Crippen LogP contribution in [0.25, 0.3) is 11.0 Å². The molecule has 5 nitrogen and oxygen atoms in total. The lowest BCUT2D eigenvalue weighted by Gasteiger charge is -2.38. The lowest BCUT2D eigenvalue weighted by Crippen LogP contribution is -2.53. The van der Waals surface area contributed by atoms with Crippen LogP contribution in [0, 0.1) is 0 Å². The van der Waals surface area contributed by atoms with Crippen LogP contribution in [0.1, 0.15) is 27.7 Å². The summed E-state index contributed by atoms with van der Waals surface area (Å²) in [5, 5.41) is 20.3. The lowest BCUT2D eigenvalue weighted by atomic mass is 9.76. The van der Waals surface area contributed by atoms with Crippen molar-refractivity contribution in [3.8, 4) is 0 Å². The van der Waals surface area contributed by atoms with Crippen molar-refractivity contribution in [3.63, 3.8) is 0 Å². The molecule has 0 amide bonds. The van der Waals surface area contributed by atoms with E-state index in [1.165, 1.54) is 0 Å². The summed E-state index contributed by atoms with van der Waals surface area (Å²) in [5.41, 5.74) is 0.480. The van der Waals surface area contributed by atoms with Gasteiger partial charge in [-0.05, 0) is 45.3 Å². The van der Waals surface area contributed by atoms with Gasteiger partial charge in [-0.1, -0.05) is 6.07 Å². The molecule has 2 rings (SSSR count). The second-order valence-corrected chi connectivity index (χ2v) is 6.14. The maximum atomic E-state index is 10.2. The molecule has 20 heavy (non-hydrogen) atoms. The Morgan fingerprint density at radius 2 is 1.90 bits per heavy atom. The Morgan fingerprint density at radius 3 is 2.50 bits per heavy atom. The van der Waals surface area contributed by atoms with E-state index in [0.29, 0.717) is 5.46 Å². The number of rotatable bonds is 4. The number of fused-ring (bicyclic) bond motifs is 1. The molecule has 6 heteroatoms. The topological polar surface area (TPSA) is 67.5 Å². The van der Waals surface area contributed by atoms with E-state index in [9.17, 15) is 10.1 Å². The largest absolute Gasteiger partial charge is 0.491 e. The first-order chi connectivity index (χ1) is 9.12. The molecule has 0 bridgehead atoms. The van der Waals surface area contributed by atoms with Gasteiger partial charge in [0, 0.05) is 7.05 Å². The van der Waals surface area contributed by atoms with Crippen LogP contribution in [0.15, 0.2) is 24.5 Å². The lowest BCUT2D eigenvalue weighted by molar-refractivity contribution is -0.0982. The van der Waals surface area contributed by atoms with Gasteiger partial charge in [-0.3, -0.25) is 0 Å². The minimum absolute atomic E-state index is 0.637. The molecule has 0 radical (unpaired) electrons. The number of aromatic nitrogens is 2. The van der Waals surface area contributed by atoms with Crippen molar-refractivity contribution in [1.29, 1.82) is 0 Å². The maximum Gasteiger partial charge on any atom is 0.491 e. The third kappa shape index (κ3) is 2.72. The van der Waals surface area contributed by atoms with Crippen molar-refractivity contribution in [2.75, 3.05) is 0 Å². The summed E-state index contributed by atoms with van der Waals surface area (Å²) >= 11 is 0. The molecular weight excluding hydrogens is 255 g/mol. The first-order valence-electron chi connectivity index (χ1n) is 6.61. The quantitative estimate of drug-likeness (QED) is 0.812. The van der Waals surface area contributed by atoms with Gasteiger partial charge in [0.1, 0.15) is 0 Å². The molecule has 1 aromatic heterocycles. The number of benzene rings is 1. The van der Waals surface area contributed by atoms with Crippen molar-refractivity contribution in [1.82, 2.24) is 9.55 Å². The highest BCUT2D eigenvalue weighted by molar-refractivity contribution is 6.60. The van der Waals surface area contributed by atoms with Crippen LogP contribution in [-0.2, 0) is 11.7 Å². The third-order valence-corrected chi connectivity index (χ3v) is 3.91. The maximum absolute atomic E-state index is 10.2. The predicted octanol–water partition coefficient (Wildman–Crippen LogP) is 0.827.